The molecule has 0 saturated heterocycles. The zero-order valence-electron chi connectivity index (χ0n) is 12.4. The molecule has 0 heterocycles. The van der Waals surface area contributed by atoms with Crippen LogP contribution in [-0.2, 0) is 14.3 Å². The number of ketones is 1. The van der Waals surface area contributed by atoms with Gasteiger partial charge in [0, 0.05) is 5.56 Å². The van der Waals surface area contributed by atoms with Crippen molar-refractivity contribution < 1.29 is 19.4 Å². The van der Waals surface area contributed by atoms with Crippen molar-refractivity contribution in [2.45, 2.75) is 6.92 Å². The van der Waals surface area contributed by atoms with Gasteiger partial charge in [-0.3, -0.25) is 4.79 Å². The van der Waals surface area contributed by atoms with Crippen molar-refractivity contribution in [2.75, 3.05) is 7.11 Å². The van der Waals surface area contributed by atoms with Gasteiger partial charge in [-0.1, -0.05) is 54.6 Å². The molecular weight excluding hydrogens is 280 g/mol. The summed E-state index contributed by atoms with van der Waals surface area (Å²) in [5.41, 5.74) is 2.04. The number of aliphatic hydroxyl groups excluding tert-OH is 1. The van der Waals surface area contributed by atoms with E-state index < -0.39 is 11.8 Å². The van der Waals surface area contributed by atoms with Crippen LogP contribution < -0.4 is 0 Å². The molecule has 0 radical (unpaired) electrons. The summed E-state index contributed by atoms with van der Waals surface area (Å²) in [4.78, 5) is 23.1. The Kier molecular flexibility index (Phi) is 4.73. The summed E-state index contributed by atoms with van der Waals surface area (Å²) in [6.07, 6.45) is 0. The Bertz CT molecular complexity index is 713. The largest absolute Gasteiger partial charge is 0.506 e. The summed E-state index contributed by atoms with van der Waals surface area (Å²) in [5.74, 6) is -1.77. The van der Waals surface area contributed by atoms with E-state index in [0.29, 0.717) is 5.56 Å². The van der Waals surface area contributed by atoms with Gasteiger partial charge in [0.25, 0.3) is 0 Å². The molecule has 0 bridgehead atoms. The molecule has 112 valence electrons. The number of hydrogen-bond acceptors (Lipinski definition) is 4. The van der Waals surface area contributed by atoms with Crippen molar-refractivity contribution in [1.82, 2.24) is 0 Å². The first kappa shape index (κ1) is 15.5. The van der Waals surface area contributed by atoms with Crippen LogP contribution in [0.4, 0.5) is 0 Å². The normalized spacial score (nSPS) is 11.5. The smallest absolute Gasteiger partial charge is 0.345 e. The molecule has 0 atom stereocenters. The van der Waals surface area contributed by atoms with E-state index in [9.17, 15) is 14.7 Å². The van der Waals surface area contributed by atoms with Crippen molar-refractivity contribution in [3.05, 3.63) is 65.7 Å². The molecule has 1 N–H and O–H groups in total. The number of methoxy groups -OCH3 is 1. The van der Waals surface area contributed by atoms with E-state index in [0.717, 1.165) is 18.2 Å². The Morgan fingerprint density at radius 3 is 1.95 bits per heavy atom. The summed E-state index contributed by atoms with van der Waals surface area (Å²) < 4.78 is 4.53. The number of Topliss-reactive ketones (excluding diaryl/α,β-unsaturated/α-hetero) is 1. The van der Waals surface area contributed by atoms with Gasteiger partial charge in [0.05, 0.1) is 7.11 Å². The molecule has 0 unspecified atom stereocenters. The molecule has 2 rings (SSSR count). The Morgan fingerprint density at radius 2 is 1.45 bits per heavy atom. The molecule has 0 amide bonds. The number of benzene rings is 2. The van der Waals surface area contributed by atoms with Gasteiger partial charge in [-0.05, 0) is 18.1 Å². The van der Waals surface area contributed by atoms with Crippen molar-refractivity contribution in [3.8, 4) is 11.1 Å². The second-order valence-corrected chi connectivity index (χ2v) is 4.71. The lowest BCUT2D eigenvalue weighted by atomic mass is 10.0. The second-order valence-electron chi connectivity index (χ2n) is 4.71. The van der Waals surface area contributed by atoms with E-state index in [4.69, 9.17) is 0 Å². The van der Waals surface area contributed by atoms with Gasteiger partial charge in [0.1, 0.15) is 11.3 Å². The van der Waals surface area contributed by atoms with Gasteiger partial charge in [0.2, 0.25) is 0 Å². The maximum absolute atomic E-state index is 11.6. The summed E-state index contributed by atoms with van der Waals surface area (Å²) in [7, 11) is 1.16. The highest BCUT2D eigenvalue weighted by molar-refractivity contribution is 6.21. The maximum Gasteiger partial charge on any atom is 0.345 e. The maximum atomic E-state index is 11.6. The van der Waals surface area contributed by atoms with Crippen LogP contribution in [0.5, 0.6) is 0 Å². The molecule has 0 aliphatic carbocycles. The summed E-state index contributed by atoms with van der Waals surface area (Å²) in [6.45, 7) is 1.21. The minimum absolute atomic E-state index is 0.352. The lowest BCUT2D eigenvalue weighted by Gasteiger charge is -2.08. The van der Waals surface area contributed by atoms with E-state index in [1.165, 1.54) is 6.92 Å². The third kappa shape index (κ3) is 3.23. The number of aliphatic hydroxyl groups is 1. The lowest BCUT2D eigenvalue weighted by molar-refractivity contribution is -0.137. The zero-order chi connectivity index (χ0) is 16.1. The molecule has 0 aromatic heterocycles. The van der Waals surface area contributed by atoms with E-state index in [2.05, 4.69) is 4.74 Å². The highest BCUT2D eigenvalue weighted by Crippen LogP contribution is 2.23. The predicted octanol–water partition coefficient (Wildman–Crippen LogP) is 3.38. The number of esters is 1. The zero-order valence-corrected chi connectivity index (χ0v) is 12.4. The number of carbonyl (C=O) groups is 2. The molecule has 0 aliphatic heterocycles. The van der Waals surface area contributed by atoms with Crippen LogP contribution in [0, 0.1) is 0 Å². The SMILES string of the molecule is COC(=O)/C(C(C)=O)=C(\O)c1ccc(-c2ccccc2)cc1. The van der Waals surface area contributed by atoms with Crippen LogP contribution in [0.25, 0.3) is 16.9 Å². The predicted molar refractivity (Wildman–Crippen MR) is 84.1 cm³/mol. The van der Waals surface area contributed by atoms with Crippen LogP contribution in [0.2, 0.25) is 0 Å². The minimum Gasteiger partial charge on any atom is -0.506 e. The van der Waals surface area contributed by atoms with Crippen LogP contribution >= 0.6 is 0 Å². The molecule has 4 nitrogen and oxygen atoms in total. The fourth-order valence-corrected chi connectivity index (χ4v) is 2.10. The molecule has 0 spiro atoms. The minimum atomic E-state index is -0.850. The highest BCUT2D eigenvalue weighted by atomic mass is 16.5. The number of hydrogen-bond donors (Lipinski definition) is 1. The molecule has 22 heavy (non-hydrogen) atoms. The summed E-state index contributed by atoms with van der Waals surface area (Å²) in [5, 5.41) is 10.2. The van der Waals surface area contributed by atoms with Gasteiger partial charge < -0.3 is 9.84 Å². The van der Waals surface area contributed by atoms with Gasteiger partial charge in [-0.15, -0.1) is 0 Å². The second kappa shape index (κ2) is 6.72. The monoisotopic (exact) mass is 296 g/mol. The fourth-order valence-electron chi connectivity index (χ4n) is 2.10. The van der Waals surface area contributed by atoms with Gasteiger partial charge >= 0.3 is 5.97 Å². The van der Waals surface area contributed by atoms with E-state index in [-0.39, 0.29) is 11.3 Å². The van der Waals surface area contributed by atoms with Crippen molar-refractivity contribution in [2.24, 2.45) is 0 Å². The van der Waals surface area contributed by atoms with Crippen molar-refractivity contribution >= 4 is 17.5 Å². The van der Waals surface area contributed by atoms with Crippen LogP contribution in [0.15, 0.2) is 60.2 Å². The first-order valence-corrected chi connectivity index (χ1v) is 6.73. The van der Waals surface area contributed by atoms with E-state index in [1.54, 1.807) is 12.1 Å². The first-order valence-electron chi connectivity index (χ1n) is 6.73. The molecule has 0 fully saturated rings. The topological polar surface area (TPSA) is 63.6 Å². The lowest BCUT2D eigenvalue weighted by Crippen LogP contribution is -2.14. The standard InChI is InChI=1S/C18H16O4/c1-12(19)16(18(21)22-2)17(20)15-10-8-14(9-11-15)13-6-4-3-5-7-13/h3-11,20H,1-2H3/b17-16-. The Labute approximate surface area is 128 Å². The fraction of sp³-hybridized carbons (Fsp3) is 0.111. The van der Waals surface area contributed by atoms with Gasteiger partial charge in [0.15, 0.2) is 5.78 Å². The van der Waals surface area contributed by atoms with Crippen LogP contribution in [-0.4, -0.2) is 24.0 Å². The Balaban J connectivity index is 2.41. The van der Waals surface area contributed by atoms with Crippen molar-refractivity contribution in [1.29, 1.82) is 0 Å². The molecular formula is C18H16O4. The van der Waals surface area contributed by atoms with E-state index >= 15 is 0 Å². The quantitative estimate of drug-likeness (QED) is 0.309. The Hall–Kier alpha value is -2.88. The van der Waals surface area contributed by atoms with Crippen molar-refractivity contribution in [3.63, 3.8) is 0 Å². The molecule has 2 aromatic carbocycles. The molecule has 0 saturated carbocycles. The Morgan fingerprint density at radius 1 is 0.909 bits per heavy atom. The van der Waals surface area contributed by atoms with Gasteiger partial charge in [-0.25, -0.2) is 4.79 Å². The van der Waals surface area contributed by atoms with E-state index in [1.807, 2.05) is 42.5 Å². The average Bonchev–Trinajstić information content (AvgIpc) is 2.55. The third-order valence-corrected chi connectivity index (χ3v) is 3.24. The van der Waals surface area contributed by atoms with Gasteiger partial charge in [-0.2, -0.15) is 0 Å². The van der Waals surface area contributed by atoms with Crippen LogP contribution in [0.3, 0.4) is 0 Å². The molecule has 0 aliphatic rings. The molecule has 4 heteroatoms. The first-order chi connectivity index (χ1) is 10.5. The highest BCUT2D eigenvalue weighted by Gasteiger charge is 2.21. The summed E-state index contributed by atoms with van der Waals surface area (Å²) >= 11 is 0. The average molecular weight is 296 g/mol. The van der Waals surface area contributed by atoms with Crippen LogP contribution in [0.1, 0.15) is 12.5 Å². The summed E-state index contributed by atoms with van der Waals surface area (Å²) in [6, 6.07) is 16.7. The molecule has 2 aromatic rings. The number of rotatable bonds is 4. The number of ether oxygens (including phenoxy) is 1. The third-order valence-electron chi connectivity index (χ3n) is 3.24. The number of carbonyl (C=O) groups excluding carboxylic acids is 2.